The van der Waals surface area contributed by atoms with Crippen LogP contribution in [-0.2, 0) is 11.3 Å². The van der Waals surface area contributed by atoms with E-state index < -0.39 is 0 Å². The zero-order valence-electron chi connectivity index (χ0n) is 16.0. The van der Waals surface area contributed by atoms with E-state index in [0.29, 0.717) is 35.8 Å². The Hall–Kier alpha value is -2.97. The van der Waals surface area contributed by atoms with Gasteiger partial charge < -0.3 is 5.32 Å². The molecule has 5 nitrogen and oxygen atoms in total. The fourth-order valence-corrected chi connectivity index (χ4v) is 2.70. The number of hydrogen-bond acceptors (Lipinski definition) is 4. The molecule has 0 aliphatic rings. The molecule has 140 valence electrons. The fourth-order valence-electron chi connectivity index (χ4n) is 2.70. The average Bonchev–Trinajstić information content (AvgIpc) is 2.65. The second kappa shape index (κ2) is 9.65. The minimum absolute atomic E-state index is 0.00301. The number of nitrogens with one attached hydrogen (secondary N) is 1. The highest BCUT2D eigenvalue weighted by atomic mass is 16.1. The van der Waals surface area contributed by atoms with Crippen LogP contribution in [0.25, 0.3) is 0 Å². The summed E-state index contributed by atoms with van der Waals surface area (Å²) < 4.78 is 0. The predicted molar refractivity (Wildman–Crippen MR) is 106 cm³/mol. The lowest BCUT2D eigenvalue weighted by Crippen LogP contribution is -2.33. The summed E-state index contributed by atoms with van der Waals surface area (Å²) in [4.78, 5) is 25.8. The highest BCUT2D eigenvalue weighted by molar-refractivity contribution is 5.95. The monoisotopic (exact) mass is 363 g/mol. The maximum atomic E-state index is 12.3. The van der Waals surface area contributed by atoms with Crippen LogP contribution >= 0.6 is 0 Å². The molecule has 0 aliphatic carbocycles. The lowest BCUT2D eigenvalue weighted by molar-refractivity contribution is -0.116. The Morgan fingerprint density at radius 2 is 1.70 bits per heavy atom. The molecule has 0 bridgehead atoms. The molecule has 5 heteroatoms. The third-order valence-electron chi connectivity index (χ3n) is 4.40. The summed E-state index contributed by atoms with van der Waals surface area (Å²) >= 11 is 0. The van der Waals surface area contributed by atoms with Gasteiger partial charge in [0, 0.05) is 36.8 Å². The molecule has 0 aliphatic heterocycles. The lowest BCUT2D eigenvalue weighted by atomic mass is 10.1. The van der Waals surface area contributed by atoms with Crippen molar-refractivity contribution in [3.05, 3.63) is 65.2 Å². The van der Waals surface area contributed by atoms with Gasteiger partial charge in [-0.25, -0.2) is 0 Å². The average molecular weight is 363 g/mol. The lowest BCUT2D eigenvalue weighted by Gasteiger charge is -2.26. The van der Waals surface area contributed by atoms with Gasteiger partial charge in [-0.05, 0) is 62.7 Å². The first-order valence-electron chi connectivity index (χ1n) is 9.03. The molecule has 0 saturated heterocycles. The Bertz CT molecular complexity index is 818. The number of nitrogens with zero attached hydrogens (tertiary/aromatic N) is 2. The molecule has 0 spiro atoms. The molecule has 0 fully saturated rings. The van der Waals surface area contributed by atoms with Crippen LogP contribution in [0.4, 0.5) is 5.69 Å². The molecule has 2 aromatic rings. The zero-order chi connectivity index (χ0) is 19.8. The number of nitriles is 1. The standard InChI is InChI=1S/C22H25N3O2/c1-16(2)25(15-19-6-4-18(14-23)5-7-19)13-12-22(27)24-21-10-8-20(9-11-21)17(3)26/h4-11,16H,12-13,15H2,1-3H3,(H,24,27). The molecule has 2 rings (SSSR count). The molecular weight excluding hydrogens is 338 g/mol. The molecule has 1 N–H and O–H groups in total. The van der Waals surface area contributed by atoms with Gasteiger partial charge >= 0.3 is 0 Å². The summed E-state index contributed by atoms with van der Waals surface area (Å²) in [5, 5.41) is 11.8. The molecule has 0 saturated carbocycles. The SMILES string of the molecule is CC(=O)c1ccc(NC(=O)CCN(Cc2ccc(C#N)cc2)C(C)C)cc1. The van der Waals surface area contributed by atoms with Gasteiger partial charge in [-0.3, -0.25) is 14.5 Å². The van der Waals surface area contributed by atoms with Gasteiger partial charge in [-0.15, -0.1) is 0 Å². The van der Waals surface area contributed by atoms with Gasteiger partial charge in [0.05, 0.1) is 11.6 Å². The van der Waals surface area contributed by atoms with E-state index in [9.17, 15) is 9.59 Å². The van der Waals surface area contributed by atoms with Crippen LogP contribution in [-0.4, -0.2) is 29.2 Å². The summed E-state index contributed by atoms with van der Waals surface area (Å²) in [5.74, 6) is -0.0562. The maximum Gasteiger partial charge on any atom is 0.225 e. The predicted octanol–water partition coefficient (Wildman–Crippen LogP) is 4.00. The van der Waals surface area contributed by atoms with Crippen molar-refractivity contribution in [2.75, 3.05) is 11.9 Å². The number of rotatable bonds is 8. The van der Waals surface area contributed by atoms with Gasteiger partial charge in [0.1, 0.15) is 0 Å². The number of carbonyl (C=O) groups excluding carboxylic acids is 2. The first kappa shape index (κ1) is 20.3. The molecule has 2 aromatic carbocycles. The number of anilines is 1. The van der Waals surface area contributed by atoms with E-state index in [1.165, 1.54) is 6.92 Å². The Morgan fingerprint density at radius 1 is 1.07 bits per heavy atom. The van der Waals surface area contributed by atoms with E-state index in [0.717, 1.165) is 12.1 Å². The number of benzene rings is 2. The van der Waals surface area contributed by atoms with Crippen molar-refractivity contribution >= 4 is 17.4 Å². The minimum Gasteiger partial charge on any atom is -0.326 e. The highest BCUT2D eigenvalue weighted by Gasteiger charge is 2.13. The van der Waals surface area contributed by atoms with Crippen LogP contribution < -0.4 is 5.32 Å². The van der Waals surface area contributed by atoms with E-state index >= 15 is 0 Å². The van der Waals surface area contributed by atoms with Crippen LogP contribution in [0.3, 0.4) is 0 Å². The molecule has 27 heavy (non-hydrogen) atoms. The number of hydrogen-bond donors (Lipinski definition) is 1. The van der Waals surface area contributed by atoms with E-state index in [2.05, 4.69) is 30.1 Å². The molecule has 0 unspecified atom stereocenters. The van der Waals surface area contributed by atoms with Crippen molar-refractivity contribution in [1.82, 2.24) is 4.90 Å². The molecule has 0 aromatic heterocycles. The van der Waals surface area contributed by atoms with E-state index in [1.54, 1.807) is 24.3 Å². The third kappa shape index (κ3) is 6.36. The van der Waals surface area contributed by atoms with E-state index in [-0.39, 0.29) is 11.7 Å². The van der Waals surface area contributed by atoms with Gasteiger partial charge in [-0.1, -0.05) is 12.1 Å². The first-order chi connectivity index (χ1) is 12.9. The molecule has 0 heterocycles. The van der Waals surface area contributed by atoms with Crippen molar-refractivity contribution in [2.45, 2.75) is 39.8 Å². The fraction of sp³-hybridized carbons (Fsp3) is 0.318. The van der Waals surface area contributed by atoms with Crippen LogP contribution in [0.1, 0.15) is 48.7 Å². The summed E-state index contributed by atoms with van der Waals surface area (Å²) in [7, 11) is 0. The minimum atomic E-state index is -0.0592. The van der Waals surface area contributed by atoms with Crippen molar-refractivity contribution in [2.24, 2.45) is 0 Å². The number of Topliss-reactive ketones (excluding diaryl/α,β-unsaturated/α-hetero) is 1. The largest absolute Gasteiger partial charge is 0.326 e. The van der Waals surface area contributed by atoms with Crippen molar-refractivity contribution in [1.29, 1.82) is 5.26 Å². The third-order valence-corrected chi connectivity index (χ3v) is 4.40. The Labute approximate surface area is 160 Å². The second-order valence-corrected chi connectivity index (χ2v) is 6.80. The van der Waals surface area contributed by atoms with Crippen LogP contribution in [0, 0.1) is 11.3 Å². The van der Waals surface area contributed by atoms with Gasteiger partial charge in [-0.2, -0.15) is 5.26 Å². The summed E-state index contributed by atoms with van der Waals surface area (Å²) in [6.07, 6.45) is 0.378. The van der Waals surface area contributed by atoms with Gasteiger partial charge in [0.15, 0.2) is 5.78 Å². The number of amides is 1. The van der Waals surface area contributed by atoms with Crippen molar-refractivity contribution in [3.8, 4) is 6.07 Å². The summed E-state index contributed by atoms with van der Waals surface area (Å²) in [5.41, 5.74) is 3.07. The smallest absolute Gasteiger partial charge is 0.225 e. The van der Waals surface area contributed by atoms with Crippen LogP contribution in [0.2, 0.25) is 0 Å². The van der Waals surface area contributed by atoms with E-state index in [1.807, 2.05) is 24.3 Å². The quantitative estimate of drug-likeness (QED) is 0.720. The maximum absolute atomic E-state index is 12.3. The van der Waals surface area contributed by atoms with Crippen molar-refractivity contribution in [3.63, 3.8) is 0 Å². The second-order valence-electron chi connectivity index (χ2n) is 6.80. The number of carbonyl (C=O) groups is 2. The van der Waals surface area contributed by atoms with Crippen molar-refractivity contribution < 1.29 is 9.59 Å². The molecule has 0 radical (unpaired) electrons. The molecule has 0 atom stereocenters. The Morgan fingerprint density at radius 3 is 2.22 bits per heavy atom. The van der Waals surface area contributed by atoms with Crippen LogP contribution in [0.5, 0.6) is 0 Å². The molecule has 1 amide bonds. The zero-order valence-corrected chi connectivity index (χ0v) is 16.0. The molecular formula is C22H25N3O2. The number of ketones is 1. The first-order valence-corrected chi connectivity index (χ1v) is 9.03. The van der Waals surface area contributed by atoms with Gasteiger partial charge in [0.25, 0.3) is 0 Å². The van der Waals surface area contributed by atoms with Crippen LogP contribution in [0.15, 0.2) is 48.5 Å². The highest BCUT2D eigenvalue weighted by Crippen LogP contribution is 2.13. The Balaban J connectivity index is 1.89. The Kier molecular flexibility index (Phi) is 7.27. The summed E-state index contributed by atoms with van der Waals surface area (Å²) in [6, 6.07) is 16.8. The topological polar surface area (TPSA) is 73.2 Å². The van der Waals surface area contributed by atoms with E-state index in [4.69, 9.17) is 5.26 Å². The van der Waals surface area contributed by atoms with Gasteiger partial charge in [0.2, 0.25) is 5.91 Å². The summed E-state index contributed by atoms with van der Waals surface area (Å²) in [6.45, 7) is 7.07. The normalized spacial score (nSPS) is 10.7.